The van der Waals surface area contributed by atoms with Crippen molar-refractivity contribution < 1.29 is 58.6 Å². The largest absolute Gasteiger partial charge is 0.506 e. The molecule has 0 aliphatic rings. The summed E-state index contributed by atoms with van der Waals surface area (Å²) >= 11 is 15.4. The fraction of sp³-hybridized carbons (Fsp3) is 0.125. The zero-order valence-electron chi connectivity index (χ0n) is 25.5. The fourth-order valence-corrected chi connectivity index (χ4v) is 10.7. The van der Waals surface area contributed by atoms with Gasteiger partial charge in [-0.1, -0.05) is 0 Å². The molecule has 0 heterocycles. The van der Waals surface area contributed by atoms with Gasteiger partial charge in [0.2, 0.25) is 0 Å². The highest BCUT2D eigenvalue weighted by molar-refractivity contribution is 14.1. The van der Waals surface area contributed by atoms with Crippen LogP contribution in [-0.2, 0) is 18.9 Å². The minimum atomic E-state index is -0.564. The molecule has 0 unspecified atom stereocenters. The number of phenolic OH excluding ortho intramolecular Hbond substituents is 4. The first-order chi connectivity index (χ1) is 24.4. The van der Waals surface area contributed by atoms with Crippen LogP contribution in [0.25, 0.3) is 0 Å². The molecule has 4 N–H and O–H groups in total. The summed E-state index contributed by atoms with van der Waals surface area (Å²) < 4.78 is 24.7. The molecule has 12 nitrogen and oxygen atoms in total. The Morgan fingerprint density at radius 1 is 0.346 bits per heavy atom. The number of benzene rings is 4. The molecular weight excluding hydrogens is 1590 g/mol. The molecule has 4 aromatic carbocycles. The average molecular weight is 1610 g/mol. The van der Waals surface area contributed by atoms with E-state index in [1.165, 1.54) is 48.5 Å². The van der Waals surface area contributed by atoms with E-state index < -0.39 is 23.9 Å². The zero-order chi connectivity index (χ0) is 38.9. The first kappa shape index (κ1) is 46.2. The normalized spacial score (nSPS) is 10.5. The maximum atomic E-state index is 12.0. The van der Waals surface area contributed by atoms with Crippen molar-refractivity contribution in [2.24, 2.45) is 0 Å². The lowest BCUT2D eigenvalue weighted by Crippen LogP contribution is -2.14. The molecule has 0 spiro atoms. The molecule has 20 heteroatoms. The number of aromatic hydroxyl groups is 4. The Balaban J connectivity index is 0.000000280. The quantitative estimate of drug-likeness (QED) is 0.0512. The zero-order valence-corrected chi connectivity index (χ0v) is 42.8. The van der Waals surface area contributed by atoms with Crippen LogP contribution in [0, 0.1) is 28.6 Å². The second-order valence-corrected chi connectivity index (χ2v) is 19.0. The topological polar surface area (TPSA) is 186 Å². The maximum Gasteiger partial charge on any atom is 0.338 e. The van der Waals surface area contributed by atoms with Gasteiger partial charge in [0.15, 0.2) is 0 Å². The van der Waals surface area contributed by atoms with Crippen molar-refractivity contribution in [1.29, 1.82) is 0 Å². The maximum absolute atomic E-state index is 12.0. The molecule has 0 bridgehead atoms. The summed E-state index contributed by atoms with van der Waals surface area (Å²) in [6.07, 6.45) is 0. The van der Waals surface area contributed by atoms with Crippen LogP contribution in [0.3, 0.4) is 0 Å². The van der Waals surface area contributed by atoms with Crippen molar-refractivity contribution in [2.75, 3.05) is 26.4 Å². The molecule has 0 saturated carbocycles. The Morgan fingerprint density at radius 3 is 0.615 bits per heavy atom. The standard InChI is InChI=1S/2C16H10I4O6/c2*17-9-3-7(4-10(18)13(9)21)15(23)25-1-2-26-16(24)8-5-11(19)14(22)12(20)6-8/h2*3-6,21-22H,1-2H2. The molecule has 276 valence electrons. The van der Waals surface area contributed by atoms with E-state index in [0.717, 1.165) is 0 Å². The van der Waals surface area contributed by atoms with Crippen molar-refractivity contribution in [3.05, 3.63) is 99.3 Å². The minimum absolute atomic E-state index is 0.0924. The molecule has 4 rings (SSSR count). The van der Waals surface area contributed by atoms with Crippen LogP contribution in [0.2, 0.25) is 0 Å². The van der Waals surface area contributed by atoms with E-state index in [4.69, 9.17) is 18.9 Å². The highest BCUT2D eigenvalue weighted by Crippen LogP contribution is 2.30. The van der Waals surface area contributed by atoms with Gasteiger partial charge < -0.3 is 39.4 Å². The van der Waals surface area contributed by atoms with Crippen LogP contribution in [0.5, 0.6) is 23.0 Å². The summed E-state index contributed by atoms with van der Waals surface area (Å²) in [6, 6.07) is 12.2. The van der Waals surface area contributed by atoms with E-state index in [0.29, 0.717) is 50.8 Å². The van der Waals surface area contributed by atoms with E-state index in [-0.39, 0.29) is 49.4 Å². The molecule has 0 saturated heterocycles. The first-order valence-electron chi connectivity index (χ1n) is 13.8. The number of hydrogen-bond donors (Lipinski definition) is 4. The number of rotatable bonds is 10. The third-order valence-electron chi connectivity index (χ3n) is 6.11. The molecule has 0 aliphatic carbocycles. The Kier molecular flexibility index (Phi) is 19.5. The molecule has 0 radical (unpaired) electrons. The molecule has 4 aromatic rings. The van der Waals surface area contributed by atoms with Gasteiger partial charge in [-0.15, -0.1) is 0 Å². The Labute approximate surface area is 405 Å². The van der Waals surface area contributed by atoms with Gasteiger partial charge in [0.25, 0.3) is 0 Å². The van der Waals surface area contributed by atoms with Gasteiger partial charge in [-0.25, -0.2) is 19.2 Å². The first-order valence-corrected chi connectivity index (χ1v) is 22.4. The van der Waals surface area contributed by atoms with Crippen LogP contribution in [0.15, 0.2) is 48.5 Å². The summed E-state index contributed by atoms with van der Waals surface area (Å²) in [7, 11) is 0. The second-order valence-electron chi connectivity index (χ2n) is 9.70. The number of carbonyl (C=O) groups excluding carboxylic acids is 4. The number of carbonyl (C=O) groups is 4. The van der Waals surface area contributed by atoms with Crippen molar-refractivity contribution in [1.82, 2.24) is 0 Å². The summed E-state index contributed by atoms with van der Waals surface area (Å²) in [5.74, 6) is -1.78. The lowest BCUT2D eigenvalue weighted by atomic mass is 10.2. The summed E-state index contributed by atoms with van der Waals surface area (Å²) in [5, 5.41) is 38.8. The number of hydrogen-bond acceptors (Lipinski definition) is 12. The van der Waals surface area contributed by atoms with E-state index >= 15 is 0 Å². The van der Waals surface area contributed by atoms with E-state index in [1.807, 2.05) is 181 Å². The van der Waals surface area contributed by atoms with Crippen molar-refractivity contribution in [2.45, 2.75) is 0 Å². The van der Waals surface area contributed by atoms with Gasteiger partial charge >= 0.3 is 23.9 Å². The fourth-order valence-electron chi connectivity index (χ4n) is 3.60. The lowest BCUT2D eigenvalue weighted by Gasteiger charge is -2.09. The number of esters is 4. The number of ether oxygens (including phenoxy) is 4. The number of phenols is 4. The molecule has 0 aromatic heterocycles. The SMILES string of the molecule is O=C(OCCOC(=O)c1cc(I)c(O)c(I)c1)c1cc(I)c(O)c(I)c1.O=C(OCCOC(=O)c1cc(I)c(O)c(I)c1)c1cc(I)c(O)c(I)c1. The average Bonchev–Trinajstić information content (AvgIpc) is 3.09. The number of halogens is 8. The van der Waals surface area contributed by atoms with Crippen LogP contribution >= 0.6 is 181 Å². The predicted molar refractivity (Wildman–Crippen MR) is 255 cm³/mol. The van der Waals surface area contributed by atoms with Crippen LogP contribution < -0.4 is 0 Å². The van der Waals surface area contributed by atoms with Crippen molar-refractivity contribution >= 4 is 205 Å². The molecule has 0 atom stereocenters. The predicted octanol–water partition coefficient (Wildman–Crippen LogP) is 9.06. The van der Waals surface area contributed by atoms with Crippen LogP contribution in [-0.4, -0.2) is 70.7 Å². The second kappa shape index (κ2) is 21.9. The molecule has 52 heavy (non-hydrogen) atoms. The van der Waals surface area contributed by atoms with Crippen molar-refractivity contribution in [3.63, 3.8) is 0 Å². The summed E-state index contributed by atoms with van der Waals surface area (Å²) in [5.41, 5.74) is 1.24. The van der Waals surface area contributed by atoms with Gasteiger partial charge in [0, 0.05) is 0 Å². The monoisotopic (exact) mass is 1610 g/mol. The third kappa shape index (κ3) is 13.5. The lowest BCUT2D eigenvalue weighted by molar-refractivity contribution is 0.0265. The van der Waals surface area contributed by atoms with Gasteiger partial charge in [-0.2, -0.15) is 0 Å². The van der Waals surface area contributed by atoms with E-state index in [9.17, 15) is 39.6 Å². The molecule has 0 aliphatic heterocycles. The highest BCUT2D eigenvalue weighted by atomic mass is 127. The third-order valence-corrected chi connectivity index (χ3v) is 12.7. The minimum Gasteiger partial charge on any atom is -0.506 e. The van der Waals surface area contributed by atoms with Crippen LogP contribution in [0.1, 0.15) is 41.4 Å². The van der Waals surface area contributed by atoms with Gasteiger partial charge in [-0.05, 0) is 229 Å². The summed E-state index contributed by atoms with van der Waals surface area (Å²) in [4.78, 5) is 48.1. The van der Waals surface area contributed by atoms with Gasteiger partial charge in [-0.3, -0.25) is 0 Å². The van der Waals surface area contributed by atoms with Crippen molar-refractivity contribution in [3.8, 4) is 23.0 Å². The molecule has 0 fully saturated rings. The Morgan fingerprint density at radius 2 is 0.481 bits per heavy atom. The molecular formula is C32H20I8O12. The molecule has 0 amide bonds. The van der Waals surface area contributed by atoms with E-state index in [1.54, 1.807) is 0 Å². The smallest absolute Gasteiger partial charge is 0.338 e. The Bertz CT molecular complexity index is 1640. The Hall–Kier alpha value is -0.200. The highest BCUT2D eigenvalue weighted by Gasteiger charge is 2.17. The van der Waals surface area contributed by atoms with Gasteiger partial charge in [0.1, 0.15) is 49.4 Å². The summed E-state index contributed by atoms with van der Waals surface area (Å²) in [6.45, 7) is -0.370. The van der Waals surface area contributed by atoms with Crippen LogP contribution in [0.4, 0.5) is 0 Å². The van der Waals surface area contributed by atoms with E-state index in [2.05, 4.69) is 0 Å². The van der Waals surface area contributed by atoms with Gasteiger partial charge in [0.05, 0.1) is 50.8 Å².